The van der Waals surface area contributed by atoms with Crippen LogP contribution >= 0.6 is 0 Å². The van der Waals surface area contributed by atoms with Crippen LogP contribution in [0.25, 0.3) is 32.3 Å². The number of carbonyl (C=O) groups is 1. The van der Waals surface area contributed by atoms with Gasteiger partial charge in [0.2, 0.25) is 10.0 Å². The van der Waals surface area contributed by atoms with Crippen molar-refractivity contribution >= 4 is 48.3 Å². The van der Waals surface area contributed by atoms with E-state index in [1.807, 2.05) is 36.4 Å². The van der Waals surface area contributed by atoms with E-state index in [4.69, 9.17) is 9.88 Å². The van der Waals surface area contributed by atoms with Crippen LogP contribution in [-0.4, -0.2) is 14.4 Å². The molecular weight excluding hydrogens is 326 g/mol. The van der Waals surface area contributed by atoms with E-state index in [0.29, 0.717) is 5.39 Å². The molecule has 0 unspecified atom stereocenters. The maximum Gasteiger partial charge on any atom is 0.308 e. The van der Waals surface area contributed by atoms with E-state index in [2.05, 4.69) is 0 Å². The molecule has 4 rings (SSSR count). The van der Waals surface area contributed by atoms with Crippen LogP contribution in [-0.2, 0) is 14.8 Å². The summed E-state index contributed by atoms with van der Waals surface area (Å²) in [5, 5.41) is 10.4. The van der Waals surface area contributed by atoms with E-state index in [9.17, 15) is 13.2 Å². The minimum atomic E-state index is -4.08. The van der Waals surface area contributed by atoms with Crippen LogP contribution in [0.2, 0.25) is 0 Å². The van der Waals surface area contributed by atoms with E-state index >= 15 is 0 Å². The smallest absolute Gasteiger partial charge is 0.308 e. The monoisotopic (exact) mass is 339 g/mol. The second-order valence-corrected chi connectivity index (χ2v) is 7.20. The highest BCUT2D eigenvalue weighted by atomic mass is 32.2. The number of sulfonamides is 1. The topological polar surface area (TPSA) is 86.5 Å². The quantitative estimate of drug-likeness (QED) is 0.345. The van der Waals surface area contributed by atoms with Gasteiger partial charge in [0.15, 0.2) is 5.75 Å². The Morgan fingerprint density at radius 1 is 0.958 bits per heavy atom. The summed E-state index contributed by atoms with van der Waals surface area (Å²) in [4.78, 5) is 11.2. The molecule has 0 amide bonds. The Kier molecular flexibility index (Phi) is 3.03. The molecule has 6 heteroatoms. The number of ether oxygens (including phenoxy) is 1. The number of carbonyl (C=O) groups excluding carboxylic acids is 1. The van der Waals surface area contributed by atoms with Gasteiger partial charge in [-0.2, -0.15) is 0 Å². The number of esters is 1. The van der Waals surface area contributed by atoms with Crippen LogP contribution in [0.1, 0.15) is 6.92 Å². The molecule has 5 nitrogen and oxygen atoms in total. The van der Waals surface area contributed by atoms with E-state index in [-0.39, 0.29) is 10.6 Å². The predicted molar refractivity (Wildman–Crippen MR) is 92.8 cm³/mol. The van der Waals surface area contributed by atoms with Crippen LogP contribution in [0.5, 0.6) is 5.75 Å². The van der Waals surface area contributed by atoms with Gasteiger partial charge in [0.05, 0.1) is 0 Å². The molecule has 2 N–H and O–H groups in total. The molecule has 0 aliphatic carbocycles. The zero-order valence-corrected chi connectivity index (χ0v) is 13.6. The second-order valence-electron chi connectivity index (χ2n) is 5.70. The molecule has 120 valence electrons. The lowest BCUT2D eigenvalue weighted by atomic mass is 9.94. The summed E-state index contributed by atoms with van der Waals surface area (Å²) in [6.45, 7) is 1.22. The largest absolute Gasteiger partial charge is 0.425 e. The lowest BCUT2D eigenvalue weighted by molar-refractivity contribution is -0.132. The Morgan fingerprint density at radius 3 is 2.21 bits per heavy atom. The van der Waals surface area contributed by atoms with Crippen molar-refractivity contribution in [3.8, 4) is 5.75 Å². The average Bonchev–Trinajstić information content (AvgIpc) is 2.50. The molecule has 0 heterocycles. The fourth-order valence-electron chi connectivity index (χ4n) is 3.28. The Morgan fingerprint density at radius 2 is 1.58 bits per heavy atom. The molecule has 0 aliphatic heterocycles. The van der Waals surface area contributed by atoms with Crippen molar-refractivity contribution in [2.45, 2.75) is 11.8 Å². The van der Waals surface area contributed by atoms with Crippen LogP contribution < -0.4 is 9.88 Å². The third kappa shape index (κ3) is 2.11. The fourth-order valence-corrected chi connectivity index (χ4v) is 4.14. The Hall–Kier alpha value is -2.70. The molecule has 0 bridgehead atoms. The van der Waals surface area contributed by atoms with Gasteiger partial charge >= 0.3 is 5.97 Å². The van der Waals surface area contributed by atoms with E-state index < -0.39 is 16.0 Å². The molecule has 4 aromatic rings. The molecule has 4 aromatic carbocycles. The van der Waals surface area contributed by atoms with Gasteiger partial charge in [0.25, 0.3) is 0 Å². The van der Waals surface area contributed by atoms with Gasteiger partial charge in [-0.15, -0.1) is 0 Å². The Balaban J connectivity index is 2.29. The standard InChI is InChI=1S/C18H13NO4S/c1-10(20)23-15-9-13-6-5-11-3-2-4-12-7-8-14(17(13)16(11)12)18(15)24(19,21)22/h2-9H,1H3,(H2,19,21,22). The summed E-state index contributed by atoms with van der Waals surface area (Å²) in [6, 6.07) is 14.8. The second kappa shape index (κ2) is 4.90. The molecule has 0 saturated heterocycles. The van der Waals surface area contributed by atoms with Crippen molar-refractivity contribution in [3.63, 3.8) is 0 Å². The minimum absolute atomic E-state index is 0.0455. The maximum absolute atomic E-state index is 12.2. The highest BCUT2D eigenvalue weighted by molar-refractivity contribution is 7.89. The maximum atomic E-state index is 12.2. The molecule has 0 atom stereocenters. The zero-order valence-electron chi connectivity index (χ0n) is 12.7. The molecule has 0 spiro atoms. The summed E-state index contributed by atoms with van der Waals surface area (Å²) >= 11 is 0. The highest BCUT2D eigenvalue weighted by Gasteiger charge is 2.23. The molecule has 0 fully saturated rings. The molecule has 24 heavy (non-hydrogen) atoms. The Bertz CT molecular complexity index is 1210. The third-order valence-corrected chi connectivity index (χ3v) is 5.09. The van der Waals surface area contributed by atoms with Crippen LogP contribution in [0.4, 0.5) is 0 Å². The molecular formula is C18H13NO4S. The van der Waals surface area contributed by atoms with Crippen molar-refractivity contribution in [1.29, 1.82) is 0 Å². The zero-order chi connectivity index (χ0) is 17.1. The number of benzene rings is 4. The summed E-state index contributed by atoms with van der Waals surface area (Å²) in [5.74, 6) is -0.649. The number of hydrogen-bond acceptors (Lipinski definition) is 4. The van der Waals surface area contributed by atoms with Gasteiger partial charge in [-0.3, -0.25) is 4.79 Å². The SMILES string of the molecule is CC(=O)Oc1cc2ccc3cccc4ccc(c1S(N)(=O)=O)c2c34. The third-order valence-electron chi connectivity index (χ3n) is 4.10. The molecule has 0 aliphatic rings. The summed E-state index contributed by atoms with van der Waals surface area (Å²) in [5.41, 5.74) is 0. The summed E-state index contributed by atoms with van der Waals surface area (Å²) in [7, 11) is -4.08. The van der Waals surface area contributed by atoms with E-state index in [1.54, 1.807) is 12.1 Å². The van der Waals surface area contributed by atoms with Gasteiger partial charge in [-0.1, -0.05) is 42.5 Å². The highest BCUT2D eigenvalue weighted by Crippen LogP contribution is 2.41. The van der Waals surface area contributed by atoms with Gasteiger partial charge in [-0.25, -0.2) is 13.6 Å². The predicted octanol–water partition coefficient (Wildman–Crippen LogP) is 3.16. The first-order valence-electron chi connectivity index (χ1n) is 7.28. The van der Waals surface area contributed by atoms with Crippen LogP contribution in [0.3, 0.4) is 0 Å². The van der Waals surface area contributed by atoms with Crippen molar-refractivity contribution in [1.82, 2.24) is 0 Å². The molecule has 0 aromatic heterocycles. The van der Waals surface area contributed by atoms with Gasteiger partial charge in [0.1, 0.15) is 4.90 Å². The molecule has 0 radical (unpaired) electrons. The number of hydrogen-bond donors (Lipinski definition) is 1. The van der Waals surface area contributed by atoms with Crippen LogP contribution in [0.15, 0.2) is 53.4 Å². The minimum Gasteiger partial charge on any atom is -0.425 e. The van der Waals surface area contributed by atoms with Crippen molar-refractivity contribution in [3.05, 3.63) is 48.5 Å². The lowest BCUT2D eigenvalue weighted by Gasteiger charge is -2.16. The van der Waals surface area contributed by atoms with Crippen molar-refractivity contribution < 1.29 is 17.9 Å². The van der Waals surface area contributed by atoms with Gasteiger partial charge < -0.3 is 4.74 Å². The fraction of sp³-hybridized carbons (Fsp3) is 0.0556. The first-order chi connectivity index (χ1) is 11.4. The normalized spacial score (nSPS) is 12.2. The molecule has 0 saturated carbocycles. The van der Waals surface area contributed by atoms with E-state index in [0.717, 1.165) is 26.9 Å². The summed E-state index contributed by atoms with van der Waals surface area (Å²) < 4.78 is 29.5. The number of primary sulfonamides is 1. The van der Waals surface area contributed by atoms with Crippen LogP contribution in [0, 0.1) is 0 Å². The van der Waals surface area contributed by atoms with Gasteiger partial charge in [0, 0.05) is 12.3 Å². The first-order valence-corrected chi connectivity index (χ1v) is 8.82. The average molecular weight is 339 g/mol. The Labute approximate surface area is 138 Å². The summed E-state index contributed by atoms with van der Waals surface area (Å²) in [6.07, 6.45) is 0. The van der Waals surface area contributed by atoms with Crippen molar-refractivity contribution in [2.75, 3.05) is 0 Å². The number of nitrogens with two attached hydrogens (primary N) is 1. The van der Waals surface area contributed by atoms with Gasteiger partial charge in [-0.05, 0) is 33.0 Å². The number of rotatable bonds is 2. The first kappa shape index (κ1) is 14.9. The van der Waals surface area contributed by atoms with E-state index in [1.165, 1.54) is 6.92 Å². The van der Waals surface area contributed by atoms with Crippen molar-refractivity contribution in [2.24, 2.45) is 5.14 Å². The lowest BCUT2D eigenvalue weighted by Crippen LogP contribution is -2.16.